The molecule has 0 fully saturated rings. The predicted molar refractivity (Wildman–Crippen MR) is 89.2 cm³/mol. The molecule has 8 nitrogen and oxygen atoms in total. The Morgan fingerprint density at radius 1 is 1.04 bits per heavy atom. The Kier molecular flexibility index (Phi) is 5.49. The van der Waals surface area contributed by atoms with Crippen molar-refractivity contribution in [3.05, 3.63) is 46.5 Å². The van der Waals surface area contributed by atoms with Crippen molar-refractivity contribution < 1.29 is 36.0 Å². The molecule has 0 amide bonds. The van der Waals surface area contributed by atoms with E-state index in [2.05, 4.69) is 5.32 Å². The van der Waals surface area contributed by atoms with Crippen LogP contribution in [-0.2, 0) is 9.84 Å². The summed E-state index contributed by atoms with van der Waals surface area (Å²) in [6.45, 7) is 0. The third kappa shape index (κ3) is 4.05. The smallest absolute Gasteiger partial charge is 0.497 e. The highest BCUT2D eigenvalue weighted by atomic mass is 32.2. The van der Waals surface area contributed by atoms with Gasteiger partial charge in [-0.2, -0.15) is 13.2 Å². The molecule has 0 saturated heterocycles. The van der Waals surface area contributed by atoms with Crippen LogP contribution in [0.3, 0.4) is 0 Å². The van der Waals surface area contributed by atoms with Crippen LogP contribution < -0.4 is 14.8 Å². The summed E-state index contributed by atoms with van der Waals surface area (Å²) < 4.78 is 71.1. The molecule has 0 heterocycles. The van der Waals surface area contributed by atoms with Crippen molar-refractivity contribution in [3.8, 4) is 11.5 Å². The van der Waals surface area contributed by atoms with Gasteiger partial charge in [-0.15, -0.1) is 0 Å². The number of hydrogen-bond donors (Lipinski definition) is 1. The van der Waals surface area contributed by atoms with Crippen molar-refractivity contribution in [1.82, 2.24) is 0 Å². The van der Waals surface area contributed by atoms with Crippen LogP contribution in [0, 0.1) is 10.1 Å². The minimum atomic E-state index is -5.72. The van der Waals surface area contributed by atoms with E-state index in [0.717, 1.165) is 6.07 Å². The van der Waals surface area contributed by atoms with Crippen LogP contribution in [0.5, 0.6) is 11.5 Å². The maximum atomic E-state index is 12.7. The number of hydrogen-bond acceptors (Lipinski definition) is 7. The van der Waals surface area contributed by atoms with Gasteiger partial charge >= 0.3 is 5.51 Å². The molecule has 0 unspecified atom stereocenters. The number of ether oxygens (including phenoxy) is 2. The van der Waals surface area contributed by atoms with Crippen LogP contribution >= 0.6 is 0 Å². The zero-order valence-corrected chi connectivity index (χ0v) is 14.7. The fourth-order valence-electron chi connectivity index (χ4n) is 2.12. The lowest BCUT2D eigenvalue weighted by molar-refractivity contribution is -0.384. The summed E-state index contributed by atoms with van der Waals surface area (Å²) in [6, 6.07) is 6.34. The lowest BCUT2D eigenvalue weighted by Crippen LogP contribution is -2.23. The Morgan fingerprint density at radius 3 is 2.19 bits per heavy atom. The van der Waals surface area contributed by atoms with Crippen LogP contribution in [0.1, 0.15) is 0 Å². The van der Waals surface area contributed by atoms with Gasteiger partial charge in [0.2, 0.25) is 0 Å². The second-order valence-corrected chi connectivity index (χ2v) is 7.02. The van der Waals surface area contributed by atoms with Gasteiger partial charge in [-0.05, 0) is 24.3 Å². The third-order valence-corrected chi connectivity index (χ3v) is 4.94. The molecule has 12 heteroatoms. The number of nitrogens with one attached hydrogen (secondary N) is 1. The molecule has 146 valence electrons. The number of anilines is 2. The number of methoxy groups -OCH3 is 2. The van der Waals surface area contributed by atoms with Crippen molar-refractivity contribution in [2.75, 3.05) is 19.5 Å². The molecule has 1 N–H and O–H groups in total. The van der Waals surface area contributed by atoms with Crippen LogP contribution in [0.15, 0.2) is 41.3 Å². The molecule has 2 rings (SSSR count). The zero-order chi connectivity index (χ0) is 20.4. The average molecular weight is 406 g/mol. The number of benzene rings is 2. The van der Waals surface area contributed by atoms with Crippen LogP contribution in [0.2, 0.25) is 0 Å². The number of nitro groups is 1. The summed E-state index contributed by atoms with van der Waals surface area (Å²) in [5.74, 6) is 0.689. The number of alkyl halides is 3. The third-order valence-electron chi connectivity index (χ3n) is 3.46. The lowest BCUT2D eigenvalue weighted by Gasteiger charge is -2.14. The molecule has 2 aromatic rings. The maximum absolute atomic E-state index is 12.7. The molecule has 0 saturated carbocycles. The van der Waals surface area contributed by atoms with E-state index in [1.165, 1.54) is 32.4 Å². The van der Waals surface area contributed by atoms with Crippen LogP contribution in [-0.4, -0.2) is 33.1 Å². The van der Waals surface area contributed by atoms with Crippen molar-refractivity contribution in [3.63, 3.8) is 0 Å². The normalized spacial score (nSPS) is 11.7. The van der Waals surface area contributed by atoms with Crippen molar-refractivity contribution in [2.45, 2.75) is 10.4 Å². The molecule has 27 heavy (non-hydrogen) atoms. The van der Waals surface area contributed by atoms with E-state index in [1.807, 2.05) is 0 Å². The molecule has 2 aromatic carbocycles. The quantitative estimate of drug-likeness (QED) is 0.576. The SMILES string of the molecule is COc1ccc(Nc2ccc(S(=O)(=O)C(F)(F)F)cc2[N+](=O)[O-])c(OC)c1. The Balaban J connectivity index is 2.52. The van der Waals surface area contributed by atoms with E-state index in [-0.39, 0.29) is 17.1 Å². The fourth-order valence-corrected chi connectivity index (χ4v) is 2.90. The Bertz CT molecular complexity index is 976. The summed E-state index contributed by atoms with van der Waals surface area (Å²) in [6.07, 6.45) is 0. The lowest BCUT2D eigenvalue weighted by atomic mass is 10.2. The van der Waals surface area contributed by atoms with Crippen molar-refractivity contribution >= 4 is 26.9 Å². The van der Waals surface area contributed by atoms with Gasteiger partial charge in [0.05, 0.1) is 29.7 Å². The largest absolute Gasteiger partial charge is 0.501 e. The molecular formula is C15H13F3N2O6S. The molecule has 0 spiro atoms. The average Bonchev–Trinajstić information content (AvgIpc) is 2.61. The second kappa shape index (κ2) is 7.31. The Labute approximate surface area is 151 Å². The minimum Gasteiger partial charge on any atom is -0.497 e. The molecule has 0 aliphatic rings. The molecule has 0 bridgehead atoms. The number of rotatable bonds is 6. The first-order valence-corrected chi connectivity index (χ1v) is 8.58. The van der Waals surface area contributed by atoms with Gasteiger partial charge in [0.25, 0.3) is 15.5 Å². The molecular weight excluding hydrogens is 393 g/mol. The summed E-state index contributed by atoms with van der Waals surface area (Å²) in [4.78, 5) is 9.01. The minimum absolute atomic E-state index is 0.218. The number of nitro benzene ring substituents is 1. The summed E-state index contributed by atoms with van der Waals surface area (Å²) in [5.41, 5.74) is -6.38. The fraction of sp³-hybridized carbons (Fsp3) is 0.200. The Morgan fingerprint density at radius 2 is 1.67 bits per heavy atom. The molecule has 0 radical (unpaired) electrons. The van der Waals surface area contributed by atoms with Crippen molar-refractivity contribution in [1.29, 1.82) is 0 Å². The molecule has 0 aromatic heterocycles. The van der Waals surface area contributed by atoms with Gasteiger partial charge in [-0.1, -0.05) is 0 Å². The summed E-state index contributed by atoms with van der Waals surface area (Å²) >= 11 is 0. The first-order valence-electron chi connectivity index (χ1n) is 7.10. The maximum Gasteiger partial charge on any atom is 0.501 e. The topological polar surface area (TPSA) is 108 Å². The number of sulfone groups is 1. The number of halogens is 3. The summed E-state index contributed by atoms with van der Waals surface area (Å²) in [7, 11) is -2.95. The van der Waals surface area contributed by atoms with E-state index in [9.17, 15) is 31.7 Å². The Hall–Kier alpha value is -3.02. The monoisotopic (exact) mass is 406 g/mol. The predicted octanol–water partition coefficient (Wildman–Crippen LogP) is 3.65. The highest BCUT2D eigenvalue weighted by Gasteiger charge is 2.47. The molecule has 0 aliphatic heterocycles. The van der Waals surface area contributed by atoms with Gasteiger partial charge < -0.3 is 14.8 Å². The van der Waals surface area contributed by atoms with Gasteiger partial charge in [0, 0.05) is 12.1 Å². The van der Waals surface area contributed by atoms with E-state index in [0.29, 0.717) is 17.9 Å². The highest BCUT2D eigenvalue weighted by molar-refractivity contribution is 7.92. The second-order valence-electron chi connectivity index (χ2n) is 5.08. The van der Waals surface area contributed by atoms with E-state index in [1.54, 1.807) is 0 Å². The number of nitrogens with zero attached hydrogens (tertiary/aromatic N) is 1. The van der Waals surface area contributed by atoms with E-state index < -0.39 is 30.9 Å². The first-order chi connectivity index (χ1) is 12.5. The van der Waals surface area contributed by atoms with Gasteiger partial charge in [0.1, 0.15) is 17.2 Å². The molecule has 0 atom stereocenters. The van der Waals surface area contributed by atoms with Crippen LogP contribution in [0.4, 0.5) is 30.2 Å². The van der Waals surface area contributed by atoms with Gasteiger partial charge in [0.15, 0.2) is 0 Å². The van der Waals surface area contributed by atoms with Gasteiger partial charge in [-0.25, -0.2) is 8.42 Å². The molecule has 0 aliphatic carbocycles. The van der Waals surface area contributed by atoms with Crippen LogP contribution in [0.25, 0.3) is 0 Å². The first kappa shape index (κ1) is 20.3. The van der Waals surface area contributed by atoms with Gasteiger partial charge in [-0.3, -0.25) is 10.1 Å². The van der Waals surface area contributed by atoms with Crippen molar-refractivity contribution in [2.24, 2.45) is 0 Å². The van der Waals surface area contributed by atoms with E-state index >= 15 is 0 Å². The zero-order valence-electron chi connectivity index (χ0n) is 13.9. The highest BCUT2D eigenvalue weighted by Crippen LogP contribution is 2.38. The van der Waals surface area contributed by atoms with E-state index in [4.69, 9.17) is 9.47 Å². The standard InChI is InChI=1S/C15H13F3N2O6S/c1-25-9-3-5-12(14(7-9)26-2)19-11-6-4-10(8-13(11)20(21)22)27(23,24)15(16,17)18/h3-8,19H,1-2H3. The summed E-state index contributed by atoms with van der Waals surface area (Å²) in [5, 5.41) is 13.9.